The predicted molar refractivity (Wildman–Crippen MR) is 70.4 cm³/mol. The second-order valence-electron chi connectivity index (χ2n) is 4.05. The van der Waals surface area contributed by atoms with Crippen LogP contribution in [0.15, 0.2) is 24.3 Å². The molecule has 0 saturated heterocycles. The lowest BCUT2D eigenvalue weighted by Gasteiger charge is -2.12. The van der Waals surface area contributed by atoms with E-state index >= 15 is 0 Å². The van der Waals surface area contributed by atoms with Gasteiger partial charge in [0.25, 0.3) is 5.91 Å². The lowest BCUT2D eigenvalue weighted by molar-refractivity contribution is 0.0919. The van der Waals surface area contributed by atoms with Gasteiger partial charge in [0, 0.05) is 4.70 Å². The summed E-state index contributed by atoms with van der Waals surface area (Å²) in [7, 11) is 0. The van der Waals surface area contributed by atoms with Gasteiger partial charge in [0.05, 0.1) is 17.5 Å². The minimum Gasteiger partial charge on any atom is -0.394 e. The number of halogens is 1. The van der Waals surface area contributed by atoms with Gasteiger partial charge >= 0.3 is 0 Å². The summed E-state index contributed by atoms with van der Waals surface area (Å²) in [6.45, 7) is 1.81. The van der Waals surface area contributed by atoms with Crippen molar-refractivity contribution >= 4 is 27.3 Å². The van der Waals surface area contributed by atoms with Crippen LogP contribution in [0.2, 0.25) is 0 Å². The molecule has 0 radical (unpaired) electrons. The molecular formula is C13H14FNO2S. The Morgan fingerprint density at radius 3 is 2.94 bits per heavy atom. The molecule has 2 N–H and O–H groups in total. The zero-order valence-electron chi connectivity index (χ0n) is 9.94. The van der Waals surface area contributed by atoms with Crippen molar-refractivity contribution in [3.05, 3.63) is 35.0 Å². The van der Waals surface area contributed by atoms with Gasteiger partial charge in [-0.2, -0.15) is 0 Å². The molecule has 5 heteroatoms. The third-order valence-electron chi connectivity index (χ3n) is 2.75. The lowest BCUT2D eigenvalue weighted by atomic mass is 10.2. The summed E-state index contributed by atoms with van der Waals surface area (Å²) in [5.41, 5.74) is 0. The third kappa shape index (κ3) is 2.68. The maximum Gasteiger partial charge on any atom is 0.261 e. The summed E-state index contributed by atoms with van der Waals surface area (Å²) in [6.07, 6.45) is 0.668. The number of thiophene rings is 1. The first-order valence-electron chi connectivity index (χ1n) is 5.75. The highest BCUT2D eigenvalue weighted by molar-refractivity contribution is 7.20. The van der Waals surface area contributed by atoms with Gasteiger partial charge in [-0.15, -0.1) is 11.3 Å². The minimum atomic E-state index is -0.307. The quantitative estimate of drug-likeness (QED) is 0.894. The van der Waals surface area contributed by atoms with E-state index in [1.807, 2.05) is 6.92 Å². The van der Waals surface area contributed by atoms with Gasteiger partial charge in [0.1, 0.15) is 5.82 Å². The van der Waals surface area contributed by atoms with Crippen molar-refractivity contribution in [1.82, 2.24) is 5.32 Å². The summed E-state index contributed by atoms with van der Waals surface area (Å²) in [6, 6.07) is 5.94. The number of aliphatic hydroxyl groups excluding tert-OH is 1. The van der Waals surface area contributed by atoms with E-state index in [4.69, 9.17) is 5.11 Å². The number of carbonyl (C=O) groups excluding carboxylic acids is 1. The number of carbonyl (C=O) groups is 1. The summed E-state index contributed by atoms with van der Waals surface area (Å²) >= 11 is 1.25. The van der Waals surface area contributed by atoms with Gasteiger partial charge < -0.3 is 10.4 Å². The number of benzene rings is 1. The van der Waals surface area contributed by atoms with Crippen LogP contribution in [-0.4, -0.2) is 23.7 Å². The molecule has 0 fully saturated rings. The molecule has 1 amide bonds. The largest absolute Gasteiger partial charge is 0.394 e. The Kier molecular flexibility index (Phi) is 3.93. The summed E-state index contributed by atoms with van der Waals surface area (Å²) in [5.74, 6) is -0.532. The fourth-order valence-electron chi connectivity index (χ4n) is 1.65. The number of nitrogens with one attached hydrogen (secondary N) is 1. The molecule has 0 aliphatic heterocycles. The van der Waals surface area contributed by atoms with Crippen molar-refractivity contribution in [2.24, 2.45) is 0 Å². The molecule has 1 atom stereocenters. The average molecular weight is 267 g/mol. The van der Waals surface area contributed by atoms with Crippen LogP contribution in [0.1, 0.15) is 23.0 Å². The standard InChI is InChI=1S/C13H14FNO2S/c1-2-10(7-16)15-13(17)12-5-8-3-4-9(14)6-11(8)18-12/h3-6,10,16H,2,7H2,1H3,(H,15,17)/t10-/m0/s1. The molecule has 0 bridgehead atoms. The maximum atomic E-state index is 13.0. The number of fused-ring (bicyclic) bond motifs is 1. The highest BCUT2D eigenvalue weighted by Gasteiger charge is 2.14. The molecule has 0 spiro atoms. The van der Waals surface area contributed by atoms with Crippen LogP contribution in [0.4, 0.5) is 4.39 Å². The zero-order valence-corrected chi connectivity index (χ0v) is 10.8. The zero-order chi connectivity index (χ0) is 13.1. The van der Waals surface area contributed by atoms with Crippen LogP contribution in [0.5, 0.6) is 0 Å². The molecule has 1 aromatic carbocycles. The van der Waals surface area contributed by atoms with Crippen LogP contribution in [0.3, 0.4) is 0 Å². The molecule has 0 saturated carbocycles. The summed E-state index contributed by atoms with van der Waals surface area (Å²) < 4.78 is 13.8. The first-order valence-corrected chi connectivity index (χ1v) is 6.56. The Morgan fingerprint density at radius 1 is 1.50 bits per heavy atom. The summed E-state index contributed by atoms with van der Waals surface area (Å²) in [4.78, 5) is 12.5. The van der Waals surface area contributed by atoms with Gasteiger partial charge in [0.15, 0.2) is 0 Å². The number of hydrogen-bond acceptors (Lipinski definition) is 3. The molecule has 1 aromatic heterocycles. The van der Waals surface area contributed by atoms with E-state index in [0.29, 0.717) is 11.3 Å². The second kappa shape index (κ2) is 5.46. The van der Waals surface area contributed by atoms with Crippen molar-refractivity contribution in [1.29, 1.82) is 0 Å². The smallest absolute Gasteiger partial charge is 0.261 e. The minimum absolute atomic E-state index is 0.0816. The van der Waals surface area contributed by atoms with E-state index in [0.717, 1.165) is 10.1 Å². The lowest BCUT2D eigenvalue weighted by Crippen LogP contribution is -2.36. The molecule has 1 heterocycles. The van der Waals surface area contributed by atoms with Crippen molar-refractivity contribution < 1.29 is 14.3 Å². The highest BCUT2D eigenvalue weighted by atomic mass is 32.1. The van der Waals surface area contributed by atoms with Crippen LogP contribution < -0.4 is 5.32 Å². The molecular weight excluding hydrogens is 253 g/mol. The molecule has 18 heavy (non-hydrogen) atoms. The van der Waals surface area contributed by atoms with Gasteiger partial charge in [-0.25, -0.2) is 4.39 Å². The Labute approximate surface area is 108 Å². The number of rotatable bonds is 4. The fraction of sp³-hybridized carbons (Fsp3) is 0.308. The van der Waals surface area contributed by atoms with Crippen LogP contribution in [-0.2, 0) is 0 Å². The SMILES string of the molecule is CC[C@@H](CO)NC(=O)c1cc2ccc(F)cc2s1. The molecule has 2 rings (SSSR count). The second-order valence-corrected chi connectivity index (χ2v) is 5.14. The van der Waals surface area contributed by atoms with Crippen molar-refractivity contribution in [3.8, 4) is 0 Å². The highest BCUT2D eigenvalue weighted by Crippen LogP contribution is 2.26. The first-order chi connectivity index (χ1) is 8.63. The van der Waals surface area contributed by atoms with E-state index in [9.17, 15) is 9.18 Å². The van der Waals surface area contributed by atoms with E-state index < -0.39 is 0 Å². The Morgan fingerprint density at radius 2 is 2.28 bits per heavy atom. The van der Waals surface area contributed by atoms with E-state index in [-0.39, 0.29) is 24.4 Å². The van der Waals surface area contributed by atoms with E-state index in [1.54, 1.807) is 12.1 Å². The molecule has 3 nitrogen and oxygen atoms in total. The Bertz CT molecular complexity index is 563. The Hall–Kier alpha value is -1.46. The topological polar surface area (TPSA) is 49.3 Å². The molecule has 0 aliphatic carbocycles. The normalized spacial score (nSPS) is 12.6. The maximum absolute atomic E-state index is 13.0. The third-order valence-corrected chi connectivity index (χ3v) is 3.85. The molecule has 2 aromatic rings. The fourth-order valence-corrected chi connectivity index (χ4v) is 2.64. The van der Waals surface area contributed by atoms with Crippen LogP contribution in [0, 0.1) is 5.82 Å². The molecule has 0 aliphatic rings. The number of aliphatic hydroxyl groups is 1. The monoisotopic (exact) mass is 267 g/mol. The summed E-state index contributed by atoms with van der Waals surface area (Å²) in [5, 5.41) is 12.6. The average Bonchev–Trinajstić information content (AvgIpc) is 2.78. The first kappa shape index (κ1) is 13.0. The van der Waals surface area contributed by atoms with Gasteiger partial charge in [-0.3, -0.25) is 4.79 Å². The van der Waals surface area contributed by atoms with Crippen LogP contribution >= 0.6 is 11.3 Å². The predicted octanol–water partition coefficient (Wildman–Crippen LogP) is 2.54. The number of hydrogen-bond donors (Lipinski definition) is 2. The number of amides is 1. The molecule has 0 unspecified atom stereocenters. The van der Waals surface area contributed by atoms with Gasteiger partial charge in [-0.1, -0.05) is 13.0 Å². The van der Waals surface area contributed by atoms with E-state index in [2.05, 4.69) is 5.32 Å². The van der Waals surface area contributed by atoms with Crippen molar-refractivity contribution in [2.45, 2.75) is 19.4 Å². The van der Waals surface area contributed by atoms with E-state index in [1.165, 1.54) is 23.5 Å². The molecule has 96 valence electrons. The van der Waals surface area contributed by atoms with Crippen LogP contribution in [0.25, 0.3) is 10.1 Å². The van der Waals surface area contributed by atoms with Gasteiger partial charge in [0.2, 0.25) is 0 Å². The van der Waals surface area contributed by atoms with Crippen molar-refractivity contribution in [2.75, 3.05) is 6.61 Å². The van der Waals surface area contributed by atoms with Crippen molar-refractivity contribution in [3.63, 3.8) is 0 Å². The Balaban J connectivity index is 2.23. The van der Waals surface area contributed by atoms with Gasteiger partial charge in [-0.05, 0) is 30.0 Å².